The third-order valence-electron chi connectivity index (χ3n) is 4.64. The zero-order valence-electron chi connectivity index (χ0n) is 11.7. The SMILES string of the molecule is COC(=O)CN1C[C@]2(c3cc(Br)ccc3C1=O)[C@H](C)[C@@H]2F. The van der Waals surface area contributed by atoms with Crippen molar-refractivity contribution in [3.05, 3.63) is 33.8 Å². The summed E-state index contributed by atoms with van der Waals surface area (Å²) in [5, 5.41) is 0. The van der Waals surface area contributed by atoms with E-state index in [1.54, 1.807) is 12.1 Å². The molecule has 0 aromatic heterocycles. The van der Waals surface area contributed by atoms with E-state index in [0.717, 1.165) is 10.0 Å². The van der Waals surface area contributed by atoms with Gasteiger partial charge >= 0.3 is 5.97 Å². The highest BCUT2D eigenvalue weighted by molar-refractivity contribution is 9.10. The van der Waals surface area contributed by atoms with E-state index in [9.17, 15) is 14.0 Å². The molecule has 1 aromatic rings. The highest BCUT2D eigenvalue weighted by Crippen LogP contribution is 2.59. The molecular weight excluding hydrogens is 341 g/mol. The van der Waals surface area contributed by atoms with Crippen molar-refractivity contribution in [3.63, 3.8) is 0 Å². The van der Waals surface area contributed by atoms with E-state index in [2.05, 4.69) is 20.7 Å². The van der Waals surface area contributed by atoms with Gasteiger partial charge in [0.25, 0.3) is 5.91 Å². The first-order valence-corrected chi connectivity index (χ1v) is 7.51. The van der Waals surface area contributed by atoms with E-state index in [4.69, 9.17) is 0 Å². The van der Waals surface area contributed by atoms with Crippen LogP contribution in [0.4, 0.5) is 4.39 Å². The first-order valence-electron chi connectivity index (χ1n) is 6.72. The van der Waals surface area contributed by atoms with Crippen LogP contribution in [0.3, 0.4) is 0 Å². The molecule has 2 aliphatic rings. The van der Waals surface area contributed by atoms with Gasteiger partial charge in [-0.25, -0.2) is 4.39 Å². The number of carbonyl (C=O) groups excluding carboxylic acids is 2. The molecule has 6 heteroatoms. The Morgan fingerprint density at radius 1 is 1.57 bits per heavy atom. The fraction of sp³-hybridized carbons (Fsp3) is 0.467. The molecule has 1 aliphatic carbocycles. The average molecular weight is 356 g/mol. The number of nitrogens with zero attached hydrogens (tertiary/aromatic N) is 1. The summed E-state index contributed by atoms with van der Waals surface area (Å²) in [6.07, 6.45) is -1.00. The number of hydrogen-bond acceptors (Lipinski definition) is 3. The van der Waals surface area contributed by atoms with Gasteiger partial charge in [0.1, 0.15) is 12.7 Å². The van der Waals surface area contributed by atoms with Crippen molar-refractivity contribution >= 4 is 27.8 Å². The Balaban J connectivity index is 2.05. The molecule has 0 radical (unpaired) electrons. The molecule has 0 N–H and O–H groups in total. The highest BCUT2D eigenvalue weighted by atomic mass is 79.9. The minimum atomic E-state index is -1.00. The summed E-state index contributed by atoms with van der Waals surface area (Å²) in [6, 6.07) is 5.26. The molecule has 1 spiro atoms. The zero-order valence-corrected chi connectivity index (χ0v) is 13.3. The van der Waals surface area contributed by atoms with Gasteiger partial charge in [0.15, 0.2) is 0 Å². The number of hydrogen-bond donors (Lipinski definition) is 0. The molecule has 0 bridgehead atoms. The van der Waals surface area contributed by atoms with E-state index in [1.807, 2.05) is 13.0 Å². The first-order chi connectivity index (χ1) is 9.91. The molecule has 1 aromatic carbocycles. The van der Waals surface area contributed by atoms with Gasteiger partial charge in [-0.1, -0.05) is 22.9 Å². The summed E-state index contributed by atoms with van der Waals surface area (Å²) < 4.78 is 19.7. The summed E-state index contributed by atoms with van der Waals surface area (Å²) in [7, 11) is 1.27. The quantitative estimate of drug-likeness (QED) is 0.764. The third kappa shape index (κ3) is 1.99. The third-order valence-corrected chi connectivity index (χ3v) is 5.13. The monoisotopic (exact) mass is 355 g/mol. The van der Waals surface area contributed by atoms with Crippen LogP contribution in [0.1, 0.15) is 22.8 Å². The number of amides is 1. The van der Waals surface area contributed by atoms with Crippen molar-refractivity contribution < 1.29 is 18.7 Å². The predicted octanol–water partition coefficient (Wildman–Crippen LogP) is 2.30. The molecule has 112 valence electrons. The van der Waals surface area contributed by atoms with Crippen LogP contribution in [0.5, 0.6) is 0 Å². The van der Waals surface area contributed by atoms with Gasteiger partial charge in [0, 0.05) is 22.5 Å². The van der Waals surface area contributed by atoms with Gasteiger partial charge < -0.3 is 9.64 Å². The second-order valence-electron chi connectivity index (χ2n) is 5.66. The largest absolute Gasteiger partial charge is 0.468 e. The summed E-state index contributed by atoms with van der Waals surface area (Å²) in [5.41, 5.74) is 0.518. The standard InChI is InChI=1S/C15H15BrFNO3/c1-8-13(17)15(8)7-18(6-12(19)21-2)14(20)10-4-3-9(16)5-11(10)15/h3-5,8,13H,6-7H2,1-2H3/t8-,13+,15-/m1/s1. The van der Waals surface area contributed by atoms with Crippen LogP contribution in [0.15, 0.2) is 22.7 Å². The van der Waals surface area contributed by atoms with E-state index >= 15 is 0 Å². The Bertz CT molecular complexity index is 625. The van der Waals surface area contributed by atoms with Crippen LogP contribution in [-0.2, 0) is 14.9 Å². The maximum absolute atomic E-state index is 14.3. The van der Waals surface area contributed by atoms with Crippen molar-refractivity contribution in [1.82, 2.24) is 4.90 Å². The zero-order chi connectivity index (χ0) is 15.4. The lowest BCUT2D eigenvalue weighted by atomic mass is 9.84. The summed E-state index contributed by atoms with van der Waals surface area (Å²) in [4.78, 5) is 25.3. The van der Waals surface area contributed by atoms with Crippen LogP contribution in [-0.4, -0.2) is 43.1 Å². The van der Waals surface area contributed by atoms with Crippen LogP contribution in [0, 0.1) is 5.92 Å². The highest BCUT2D eigenvalue weighted by Gasteiger charge is 2.67. The maximum atomic E-state index is 14.3. The van der Waals surface area contributed by atoms with Gasteiger partial charge in [0.05, 0.1) is 12.5 Å². The number of halogens is 2. The average Bonchev–Trinajstić information content (AvgIpc) is 2.98. The lowest BCUT2D eigenvalue weighted by molar-refractivity contribution is -0.141. The Hall–Kier alpha value is -1.43. The predicted molar refractivity (Wildman–Crippen MR) is 77.8 cm³/mol. The number of alkyl halides is 1. The normalized spacial score (nSPS) is 30.3. The van der Waals surface area contributed by atoms with Crippen molar-refractivity contribution in [2.75, 3.05) is 20.2 Å². The second kappa shape index (κ2) is 4.80. The molecule has 4 nitrogen and oxygen atoms in total. The maximum Gasteiger partial charge on any atom is 0.325 e. The van der Waals surface area contributed by atoms with Gasteiger partial charge in [-0.15, -0.1) is 0 Å². The Morgan fingerprint density at radius 2 is 2.24 bits per heavy atom. The number of esters is 1. The number of methoxy groups -OCH3 is 1. The van der Waals surface area contributed by atoms with Gasteiger partial charge in [-0.05, 0) is 23.8 Å². The van der Waals surface area contributed by atoms with Crippen LogP contribution in [0.2, 0.25) is 0 Å². The summed E-state index contributed by atoms with van der Waals surface area (Å²) in [6.45, 7) is 1.90. The molecule has 0 unspecified atom stereocenters. The minimum Gasteiger partial charge on any atom is -0.468 e. The molecular formula is C15H15BrFNO3. The minimum absolute atomic E-state index is 0.147. The van der Waals surface area contributed by atoms with E-state index in [1.165, 1.54) is 12.0 Å². The molecule has 1 amide bonds. The van der Waals surface area contributed by atoms with Gasteiger partial charge in [-0.2, -0.15) is 0 Å². The van der Waals surface area contributed by atoms with Crippen LogP contribution in [0.25, 0.3) is 0 Å². The van der Waals surface area contributed by atoms with Crippen molar-refractivity contribution in [3.8, 4) is 0 Å². The fourth-order valence-electron chi connectivity index (χ4n) is 3.28. The fourth-order valence-corrected chi connectivity index (χ4v) is 3.64. The number of rotatable bonds is 2. The molecule has 3 rings (SSSR count). The molecule has 1 aliphatic heterocycles. The number of fused-ring (bicyclic) bond motifs is 2. The van der Waals surface area contributed by atoms with Crippen molar-refractivity contribution in [2.45, 2.75) is 18.5 Å². The number of carbonyl (C=O) groups is 2. The number of benzene rings is 1. The van der Waals surface area contributed by atoms with Gasteiger partial charge in [0.2, 0.25) is 0 Å². The molecule has 21 heavy (non-hydrogen) atoms. The topological polar surface area (TPSA) is 46.6 Å². The van der Waals surface area contributed by atoms with E-state index in [-0.39, 0.29) is 24.9 Å². The lowest BCUT2D eigenvalue weighted by Crippen LogP contribution is -2.47. The van der Waals surface area contributed by atoms with Crippen molar-refractivity contribution in [1.29, 1.82) is 0 Å². The van der Waals surface area contributed by atoms with Gasteiger partial charge in [-0.3, -0.25) is 9.59 Å². The summed E-state index contributed by atoms with van der Waals surface area (Å²) in [5.74, 6) is -0.915. The van der Waals surface area contributed by atoms with Crippen LogP contribution >= 0.6 is 15.9 Å². The Kier molecular flexibility index (Phi) is 3.31. The molecule has 1 heterocycles. The molecule has 1 fully saturated rings. The van der Waals surface area contributed by atoms with E-state index < -0.39 is 17.6 Å². The van der Waals surface area contributed by atoms with E-state index in [0.29, 0.717) is 5.56 Å². The van der Waals surface area contributed by atoms with Crippen molar-refractivity contribution in [2.24, 2.45) is 5.92 Å². The Labute approximate surface area is 130 Å². The number of ether oxygens (including phenoxy) is 1. The molecule has 1 saturated carbocycles. The van der Waals surface area contributed by atoms with Crippen LogP contribution < -0.4 is 0 Å². The molecule has 3 atom stereocenters. The first kappa shape index (κ1) is 14.5. The Morgan fingerprint density at radius 3 is 2.81 bits per heavy atom. The molecule has 0 saturated heterocycles. The second-order valence-corrected chi connectivity index (χ2v) is 6.57. The summed E-state index contributed by atoms with van der Waals surface area (Å²) >= 11 is 3.37. The lowest BCUT2D eigenvalue weighted by Gasteiger charge is -2.34. The smallest absolute Gasteiger partial charge is 0.325 e.